The van der Waals surface area contributed by atoms with Gasteiger partial charge >= 0.3 is 11.9 Å². The van der Waals surface area contributed by atoms with Gasteiger partial charge < -0.3 is 14.3 Å². The van der Waals surface area contributed by atoms with Gasteiger partial charge in [0.25, 0.3) is 0 Å². The molecule has 0 rings (SSSR count). The first-order valence-corrected chi connectivity index (χ1v) is 8.11. The van der Waals surface area contributed by atoms with Crippen molar-refractivity contribution in [3.63, 3.8) is 0 Å². The number of esters is 1. The summed E-state index contributed by atoms with van der Waals surface area (Å²) in [5.41, 5.74) is 0. The van der Waals surface area contributed by atoms with E-state index in [2.05, 4.69) is 13.0 Å². The monoisotopic (exact) mass is 314 g/mol. The van der Waals surface area contributed by atoms with Crippen molar-refractivity contribution in [2.45, 2.75) is 58.0 Å². The Labute approximate surface area is 134 Å². The highest BCUT2D eigenvalue weighted by molar-refractivity contribution is 5.71. The third-order valence-electron chi connectivity index (χ3n) is 3.11. The van der Waals surface area contributed by atoms with Gasteiger partial charge in [-0.2, -0.15) is 0 Å². The Hall–Kier alpha value is -1.36. The van der Waals surface area contributed by atoms with E-state index >= 15 is 0 Å². The Morgan fingerprint density at radius 3 is 2.32 bits per heavy atom. The van der Waals surface area contributed by atoms with Gasteiger partial charge in [-0.1, -0.05) is 31.9 Å². The molecule has 5 heteroatoms. The maximum atomic E-state index is 11.8. The second kappa shape index (κ2) is 11.2. The minimum atomic E-state index is -0.943. The predicted molar refractivity (Wildman–Crippen MR) is 87.5 cm³/mol. The molecule has 22 heavy (non-hydrogen) atoms. The van der Waals surface area contributed by atoms with E-state index < -0.39 is 12.1 Å². The van der Waals surface area contributed by atoms with Crippen LogP contribution in [0, 0.1) is 0 Å². The lowest BCUT2D eigenvalue weighted by Crippen LogP contribution is -2.43. The molecular formula is C17H32NO4+. The summed E-state index contributed by atoms with van der Waals surface area (Å²) in [4.78, 5) is 22.7. The molecular weight excluding hydrogens is 282 g/mol. The van der Waals surface area contributed by atoms with E-state index in [1.807, 2.05) is 27.2 Å². The van der Waals surface area contributed by atoms with E-state index in [1.165, 1.54) is 19.3 Å². The Morgan fingerprint density at radius 1 is 1.14 bits per heavy atom. The van der Waals surface area contributed by atoms with E-state index in [1.54, 1.807) is 0 Å². The van der Waals surface area contributed by atoms with Crippen LogP contribution in [-0.4, -0.2) is 55.3 Å². The number of hydrogen-bond acceptors (Lipinski definition) is 3. The molecule has 0 aliphatic rings. The Morgan fingerprint density at radius 2 is 1.77 bits per heavy atom. The summed E-state index contributed by atoms with van der Waals surface area (Å²) >= 11 is 0. The van der Waals surface area contributed by atoms with E-state index in [9.17, 15) is 9.59 Å². The second-order valence-electron chi connectivity index (χ2n) is 6.69. The van der Waals surface area contributed by atoms with Crippen LogP contribution in [0.4, 0.5) is 0 Å². The first kappa shape index (κ1) is 20.6. The maximum Gasteiger partial charge on any atom is 0.307 e. The highest BCUT2D eigenvalue weighted by Gasteiger charge is 2.24. The fraction of sp³-hybridized carbons (Fsp3) is 0.765. The zero-order valence-electron chi connectivity index (χ0n) is 14.5. The van der Waals surface area contributed by atoms with Crippen molar-refractivity contribution in [1.29, 1.82) is 0 Å². The SMILES string of the molecule is CCCCCC=CCCC(=O)OC(CC(=O)O)C[N+](C)(C)C. The van der Waals surface area contributed by atoms with Gasteiger partial charge in [0.2, 0.25) is 0 Å². The maximum absolute atomic E-state index is 11.8. The first-order valence-electron chi connectivity index (χ1n) is 8.11. The summed E-state index contributed by atoms with van der Waals surface area (Å²) in [5, 5.41) is 8.90. The molecule has 0 aromatic rings. The number of carboxylic acid groups (broad SMARTS) is 1. The van der Waals surface area contributed by atoms with Crippen LogP contribution in [-0.2, 0) is 14.3 Å². The average Bonchev–Trinajstić information content (AvgIpc) is 2.34. The molecule has 1 N–H and O–H groups in total. The second-order valence-corrected chi connectivity index (χ2v) is 6.69. The number of quaternary nitrogens is 1. The molecule has 0 heterocycles. The van der Waals surface area contributed by atoms with Gasteiger partial charge in [0.1, 0.15) is 6.54 Å². The molecule has 128 valence electrons. The molecule has 0 aromatic heterocycles. The minimum absolute atomic E-state index is 0.145. The lowest BCUT2D eigenvalue weighted by molar-refractivity contribution is -0.873. The lowest BCUT2D eigenvalue weighted by Gasteiger charge is -2.28. The summed E-state index contributed by atoms with van der Waals surface area (Å²) in [6, 6.07) is 0. The number of aliphatic carboxylic acids is 1. The molecule has 0 spiro atoms. The summed E-state index contributed by atoms with van der Waals surface area (Å²) in [5.74, 6) is -1.26. The number of ether oxygens (including phenoxy) is 1. The molecule has 0 aromatic carbocycles. The van der Waals surface area contributed by atoms with Crippen molar-refractivity contribution in [2.24, 2.45) is 0 Å². The number of carbonyl (C=O) groups is 2. The number of likely N-dealkylation sites (N-methyl/N-ethyl adjacent to an activating group) is 1. The number of allylic oxidation sites excluding steroid dienone is 2. The van der Waals surface area contributed by atoms with Gasteiger partial charge in [0, 0.05) is 6.42 Å². The Bertz CT molecular complexity index is 358. The molecule has 1 atom stereocenters. The van der Waals surface area contributed by atoms with Gasteiger partial charge in [-0.25, -0.2) is 0 Å². The van der Waals surface area contributed by atoms with Crippen LogP contribution in [0.5, 0.6) is 0 Å². The van der Waals surface area contributed by atoms with Gasteiger partial charge in [0.15, 0.2) is 6.10 Å². The summed E-state index contributed by atoms with van der Waals surface area (Å²) in [6.07, 6.45) is 9.01. The van der Waals surface area contributed by atoms with Crippen molar-refractivity contribution in [3.05, 3.63) is 12.2 Å². The van der Waals surface area contributed by atoms with Gasteiger partial charge in [-0.3, -0.25) is 9.59 Å². The highest BCUT2D eigenvalue weighted by Crippen LogP contribution is 2.08. The fourth-order valence-electron chi connectivity index (χ4n) is 2.14. The number of rotatable bonds is 12. The molecule has 0 amide bonds. The zero-order valence-corrected chi connectivity index (χ0v) is 14.5. The molecule has 0 aliphatic heterocycles. The highest BCUT2D eigenvalue weighted by atomic mass is 16.5. The third-order valence-corrected chi connectivity index (χ3v) is 3.11. The Balaban J connectivity index is 4.09. The normalized spacial score (nSPS) is 13.3. The lowest BCUT2D eigenvalue weighted by atomic mass is 10.2. The number of nitrogens with zero attached hydrogens (tertiary/aromatic N) is 1. The van der Waals surface area contributed by atoms with Crippen LogP contribution in [0.3, 0.4) is 0 Å². The Kier molecular flexibility index (Phi) is 10.5. The predicted octanol–water partition coefficient (Wildman–Crippen LogP) is 3.00. The molecule has 0 saturated heterocycles. The average molecular weight is 314 g/mol. The number of carboxylic acids is 1. The molecule has 5 nitrogen and oxygen atoms in total. The van der Waals surface area contributed by atoms with Crippen LogP contribution < -0.4 is 0 Å². The largest absolute Gasteiger partial charge is 0.481 e. The summed E-state index contributed by atoms with van der Waals surface area (Å²) in [6.45, 7) is 2.66. The molecule has 0 saturated carbocycles. The van der Waals surface area contributed by atoms with E-state index in [0.717, 1.165) is 6.42 Å². The van der Waals surface area contributed by atoms with Gasteiger partial charge in [-0.05, 0) is 19.3 Å². The van der Waals surface area contributed by atoms with Crippen LogP contribution in [0.25, 0.3) is 0 Å². The van der Waals surface area contributed by atoms with Crippen molar-refractivity contribution in [1.82, 2.24) is 0 Å². The van der Waals surface area contributed by atoms with E-state index in [0.29, 0.717) is 23.9 Å². The number of unbranched alkanes of at least 4 members (excludes halogenated alkanes) is 3. The summed E-state index contributed by atoms with van der Waals surface area (Å²) < 4.78 is 5.87. The van der Waals surface area contributed by atoms with Crippen molar-refractivity contribution < 1.29 is 23.9 Å². The minimum Gasteiger partial charge on any atom is -0.481 e. The van der Waals surface area contributed by atoms with Crippen molar-refractivity contribution in [3.8, 4) is 0 Å². The fourth-order valence-corrected chi connectivity index (χ4v) is 2.14. The van der Waals surface area contributed by atoms with Crippen LogP contribution in [0.2, 0.25) is 0 Å². The van der Waals surface area contributed by atoms with Gasteiger partial charge in [0.05, 0.1) is 27.6 Å². The molecule has 0 fully saturated rings. The summed E-state index contributed by atoms with van der Waals surface area (Å²) in [7, 11) is 5.84. The van der Waals surface area contributed by atoms with Crippen LogP contribution >= 0.6 is 0 Å². The topological polar surface area (TPSA) is 63.6 Å². The number of carbonyl (C=O) groups excluding carboxylic acids is 1. The van der Waals surface area contributed by atoms with E-state index in [-0.39, 0.29) is 12.4 Å². The van der Waals surface area contributed by atoms with Crippen LogP contribution in [0.1, 0.15) is 51.9 Å². The molecule has 0 bridgehead atoms. The first-order chi connectivity index (χ1) is 10.2. The van der Waals surface area contributed by atoms with Gasteiger partial charge in [-0.15, -0.1) is 0 Å². The van der Waals surface area contributed by atoms with Crippen molar-refractivity contribution >= 4 is 11.9 Å². The smallest absolute Gasteiger partial charge is 0.307 e. The number of hydrogen-bond donors (Lipinski definition) is 1. The molecule has 0 radical (unpaired) electrons. The third kappa shape index (κ3) is 13.6. The van der Waals surface area contributed by atoms with E-state index in [4.69, 9.17) is 9.84 Å². The van der Waals surface area contributed by atoms with Crippen molar-refractivity contribution in [2.75, 3.05) is 27.7 Å². The molecule has 0 aliphatic carbocycles. The molecule has 1 unspecified atom stereocenters. The zero-order chi connectivity index (χ0) is 17.0. The van der Waals surface area contributed by atoms with Crippen LogP contribution in [0.15, 0.2) is 12.2 Å². The standard InChI is InChI=1S/C17H31NO4/c1-5-6-7-8-9-10-11-12-17(21)22-15(13-16(19)20)14-18(2,3)4/h9-10,15H,5-8,11-14H2,1-4H3/p+1. The quantitative estimate of drug-likeness (QED) is 0.260.